The van der Waals surface area contributed by atoms with E-state index in [1.165, 1.54) is 6.07 Å². The number of phenolic OH excluding ortho intramolecular Hbond substituents is 1. The Morgan fingerprint density at radius 1 is 1.19 bits per heavy atom. The van der Waals surface area contributed by atoms with Crippen LogP contribution in [0.4, 0.5) is 0 Å². The molecule has 0 spiro atoms. The zero-order chi connectivity index (χ0) is 27.0. The third kappa shape index (κ3) is 3.07. The van der Waals surface area contributed by atoms with Gasteiger partial charge in [0, 0.05) is 28.7 Å². The minimum atomic E-state index is -2.60. The van der Waals surface area contributed by atoms with Gasteiger partial charge in [-0.2, -0.15) is 0 Å². The van der Waals surface area contributed by atoms with Gasteiger partial charge in [-0.3, -0.25) is 14.4 Å². The Morgan fingerprint density at radius 2 is 1.83 bits per heavy atom. The van der Waals surface area contributed by atoms with Crippen LogP contribution in [0.2, 0.25) is 0 Å². The smallest absolute Gasteiger partial charge is 0.203 e. The molecule has 4 atom stereocenters. The highest BCUT2D eigenvalue weighted by molar-refractivity contribution is 6.24. The summed E-state index contributed by atoms with van der Waals surface area (Å²) < 4.78 is 0. The van der Waals surface area contributed by atoms with E-state index in [0.29, 0.717) is 18.4 Å². The van der Waals surface area contributed by atoms with Gasteiger partial charge in [0.1, 0.15) is 22.8 Å². The van der Waals surface area contributed by atoms with Gasteiger partial charge in [0.2, 0.25) is 5.78 Å². The molecule has 7 heteroatoms. The fourth-order valence-electron chi connectivity index (χ4n) is 7.22. The molecule has 1 unspecified atom stereocenters. The minimum Gasteiger partial charge on any atom is -0.508 e. The number of Topliss-reactive ketones (excluding diaryl/α,β-unsaturated/α-hetero) is 3. The number of fused-ring (bicyclic) bond motifs is 3. The molecular formula is C29H32O7. The Morgan fingerprint density at radius 3 is 2.39 bits per heavy atom. The SMILES string of the molecule is C#CCCc1ccc(O)c2c1C[C@]1(C)C[C@]3(C)C(C(C)C)C(=O)C(C(C)=O)=C(O)[C@]3(O)C(=O)C1=C2O. The first kappa shape index (κ1) is 25.7. The highest BCUT2D eigenvalue weighted by Gasteiger charge is 2.72. The molecule has 0 heterocycles. The molecule has 0 amide bonds. The number of benzene rings is 1. The molecule has 3 aliphatic rings. The normalized spacial score (nSPS) is 31.7. The number of carbonyl (C=O) groups excluding carboxylic acids is 3. The number of aliphatic hydroxyl groups is 3. The summed E-state index contributed by atoms with van der Waals surface area (Å²) in [6.07, 6.45) is 6.71. The van der Waals surface area contributed by atoms with E-state index in [9.17, 15) is 34.8 Å². The number of terminal acetylenes is 1. The lowest BCUT2D eigenvalue weighted by atomic mass is 9.43. The summed E-state index contributed by atoms with van der Waals surface area (Å²) in [6, 6.07) is 3.17. The fourth-order valence-corrected chi connectivity index (χ4v) is 7.22. The first-order valence-electron chi connectivity index (χ1n) is 12.1. The van der Waals surface area contributed by atoms with Crippen LogP contribution in [0.1, 0.15) is 64.2 Å². The maximum Gasteiger partial charge on any atom is 0.203 e. The van der Waals surface area contributed by atoms with E-state index in [-0.39, 0.29) is 35.6 Å². The van der Waals surface area contributed by atoms with Crippen LogP contribution in [0.5, 0.6) is 5.75 Å². The summed E-state index contributed by atoms with van der Waals surface area (Å²) >= 11 is 0. The van der Waals surface area contributed by atoms with Gasteiger partial charge in [0.05, 0.1) is 5.56 Å². The van der Waals surface area contributed by atoms with Gasteiger partial charge in [-0.25, -0.2) is 0 Å². The molecule has 0 radical (unpaired) electrons. The van der Waals surface area contributed by atoms with Gasteiger partial charge >= 0.3 is 0 Å². The first-order valence-corrected chi connectivity index (χ1v) is 12.1. The van der Waals surface area contributed by atoms with Gasteiger partial charge in [0.15, 0.2) is 17.2 Å². The van der Waals surface area contributed by atoms with Crippen molar-refractivity contribution in [3.05, 3.63) is 45.7 Å². The monoisotopic (exact) mass is 492 g/mol. The van der Waals surface area contributed by atoms with Crippen LogP contribution in [-0.2, 0) is 27.2 Å². The number of aliphatic hydroxyl groups excluding tert-OH is 2. The quantitative estimate of drug-likeness (QED) is 0.372. The van der Waals surface area contributed by atoms with Crippen molar-refractivity contribution in [3.63, 3.8) is 0 Å². The zero-order valence-corrected chi connectivity index (χ0v) is 21.2. The Balaban J connectivity index is 2.06. The van der Waals surface area contributed by atoms with Crippen molar-refractivity contribution in [2.45, 2.75) is 65.9 Å². The number of aryl methyl sites for hydroxylation is 1. The minimum absolute atomic E-state index is 0.0646. The Kier molecular flexibility index (Phi) is 5.77. The number of hydrogen-bond acceptors (Lipinski definition) is 7. The third-order valence-electron chi connectivity index (χ3n) is 8.52. The van der Waals surface area contributed by atoms with E-state index < -0.39 is 56.8 Å². The highest BCUT2D eigenvalue weighted by Crippen LogP contribution is 2.65. The predicted molar refractivity (Wildman–Crippen MR) is 133 cm³/mol. The van der Waals surface area contributed by atoms with E-state index in [0.717, 1.165) is 12.5 Å². The summed E-state index contributed by atoms with van der Waals surface area (Å²) in [6.45, 7) is 8.03. The maximum absolute atomic E-state index is 14.2. The molecule has 7 nitrogen and oxygen atoms in total. The van der Waals surface area contributed by atoms with Gasteiger partial charge in [0.25, 0.3) is 0 Å². The molecule has 190 valence electrons. The van der Waals surface area contributed by atoms with Gasteiger partial charge in [-0.05, 0) is 49.3 Å². The lowest BCUT2D eigenvalue weighted by molar-refractivity contribution is -0.178. The molecular weight excluding hydrogens is 460 g/mol. The maximum atomic E-state index is 14.2. The molecule has 0 saturated heterocycles. The summed E-state index contributed by atoms with van der Waals surface area (Å²) in [5.41, 5.74) is -4.24. The van der Waals surface area contributed by atoms with Crippen LogP contribution in [0.25, 0.3) is 5.76 Å². The van der Waals surface area contributed by atoms with E-state index in [1.807, 2.05) is 0 Å². The number of carbonyl (C=O) groups is 3. The van der Waals surface area contributed by atoms with Crippen LogP contribution in [-0.4, -0.2) is 43.4 Å². The van der Waals surface area contributed by atoms with Crippen LogP contribution in [0, 0.1) is 35.0 Å². The molecule has 36 heavy (non-hydrogen) atoms. The van der Waals surface area contributed by atoms with Crippen molar-refractivity contribution >= 4 is 23.1 Å². The Bertz CT molecular complexity index is 1320. The summed E-state index contributed by atoms with van der Waals surface area (Å²) in [4.78, 5) is 40.1. The largest absolute Gasteiger partial charge is 0.508 e. The van der Waals surface area contributed by atoms with Gasteiger partial charge in [-0.15, -0.1) is 12.3 Å². The van der Waals surface area contributed by atoms with Gasteiger partial charge < -0.3 is 20.4 Å². The Hall–Kier alpha value is -3.37. The molecule has 1 fully saturated rings. The molecule has 0 aliphatic heterocycles. The molecule has 4 rings (SSSR count). The molecule has 1 aromatic carbocycles. The standard InChI is InChI=1S/C29H32O7/c1-7-8-9-16-10-11-18(31)20-17(16)12-27(5)13-28(6)21(14(2)3)23(32)19(15(4)30)25(34)29(28,36)26(35)22(27)24(20)33/h1,10-11,14,21,31,33-34,36H,8-9,12-13H2,2-6H3/t21?,27-,28-,29+/m1/s1. The van der Waals surface area contributed by atoms with Crippen molar-refractivity contribution in [2.75, 3.05) is 0 Å². The van der Waals surface area contributed by atoms with Crippen molar-refractivity contribution in [1.29, 1.82) is 0 Å². The van der Waals surface area contributed by atoms with E-state index >= 15 is 0 Å². The summed E-state index contributed by atoms with van der Waals surface area (Å²) in [7, 11) is 0. The number of aromatic hydroxyl groups is 1. The average Bonchev–Trinajstić information content (AvgIpc) is 2.75. The van der Waals surface area contributed by atoms with Crippen LogP contribution in [0.3, 0.4) is 0 Å². The fraction of sp³-hybridized carbons (Fsp3) is 0.483. The first-order chi connectivity index (χ1) is 16.7. The third-order valence-corrected chi connectivity index (χ3v) is 8.52. The highest BCUT2D eigenvalue weighted by atomic mass is 16.3. The molecule has 3 aliphatic carbocycles. The van der Waals surface area contributed by atoms with E-state index in [4.69, 9.17) is 6.42 Å². The van der Waals surface area contributed by atoms with Crippen LogP contribution in [0.15, 0.2) is 29.0 Å². The second-order valence-corrected chi connectivity index (χ2v) is 11.3. The number of hydrogen-bond donors (Lipinski definition) is 4. The number of allylic oxidation sites excluding steroid dienone is 1. The Labute approximate surface area is 210 Å². The van der Waals surface area contributed by atoms with E-state index in [2.05, 4.69) is 5.92 Å². The van der Waals surface area contributed by atoms with Crippen LogP contribution < -0.4 is 0 Å². The van der Waals surface area contributed by atoms with Crippen molar-refractivity contribution < 1.29 is 34.8 Å². The van der Waals surface area contributed by atoms with Crippen LogP contribution >= 0.6 is 0 Å². The summed E-state index contributed by atoms with van der Waals surface area (Å²) in [5, 5.41) is 45.2. The molecule has 4 N–H and O–H groups in total. The lowest BCUT2D eigenvalue weighted by Gasteiger charge is -2.59. The van der Waals surface area contributed by atoms with Crippen molar-refractivity contribution in [2.24, 2.45) is 22.7 Å². The predicted octanol–water partition coefficient (Wildman–Crippen LogP) is 3.76. The second-order valence-electron chi connectivity index (χ2n) is 11.3. The summed E-state index contributed by atoms with van der Waals surface area (Å²) in [5.74, 6) is -2.69. The average molecular weight is 493 g/mol. The molecule has 0 bridgehead atoms. The number of rotatable bonds is 4. The van der Waals surface area contributed by atoms with Crippen molar-refractivity contribution in [1.82, 2.24) is 0 Å². The number of phenols is 1. The number of ketones is 3. The molecule has 0 aromatic heterocycles. The molecule has 1 aromatic rings. The van der Waals surface area contributed by atoms with Crippen molar-refractivity contribution in [3.8, 4) is 18.1 Å². The lowest BCUT2D eigenvalue weighted by Crippen LogP contribution is -2.69. The molecule has 1 saturated carbocycles. The topological polar surface area (TPSA) is 132 Å². The zero-order valence-electron chi connectivity index (χ0n) is 21.2. The second kappa shape index (κ2) is 8.07. The van der Waals surface area contributed by atoms with E-state index in [1.54, 1.807) is 33.8 Å². The van der Waals surface area contributed by atoms with Gasteiger partial charge in [-0.1, -0.05) is 33.8 Å².